The van der Waals surface area contributed by atoms with Gasteiger partial charge >= 0.3 is 0 Å². The van der Waals surface area contributed by atoms with E-state index in [4.69, 9.17) is 5.26 Å². The molecule has 1 aromatic carbocycles. The van der Waals surface area contributed by atoms with Crippen molar-refractivity contribution in [3.8, 4) is 6.07 Å². The Morgan fingerprint density at radius 2 is 2.22 bits per heavy atom. The van der Waals surface area contributed by atoms with Crippen molar-refractivity contribution in [2.24, 2.45) is 7.05 Å². The van der Waals surface area contributed by atoms with Gasteiger partial charge in [-0.05, 0) is 30.7 Å². The second kappa shape index (κ2) is 4.88. The van der Waals surface area contributed by atoms with E-state index in [2.05, 4.69) is 10.4 Å². The lowest BCUT2D eigenvalue weighted by atomic mass is 10.1. The highest BCUT2D eigenvalue weighted by Crippen LogP contribution is 2.14. The highest BCUT2D eigenvalue weighted by Gasteiger charge is 2.04. The van der Waals surface area contributed by atoms with Crippen LogP contribution in [0.15, 0.2) is 24.4 Å². The molecule has 0 atom stereocenters. The molecule has 0 unspecified atom stereocenters. The summed E-state index contributed by atoms with van der Waals surface area (Å²) in [7, 11) is 1.84. The molecule has 0 bridgehead atoms. The van der Waals surface area contributed by atoms with Crippen LogP contribution in [0.2, 0.25) is 0 Å². The standard InChI is InChI=1S/C13H13FN4/c1-9-13(8-18(2)17-9)16-7-11-3-10(6-15)4-12(14)5-11/h3-5,8,16H,7H2,1-2H3. The summed E-state index contributed by atoms with van der Waals surface area (Å²) in [5.74, 6) is -0.395. The summed E-state index contributed by atoms with van der Waals surface area (Å²) in [4.78, 5) is 0. The fourth-order valence-corrected chi connectivity index (χ4v) is 1.79. The van der Waals surface area contributed by atoms with E-state index in [9.17, 15) is 4.39 Å². The average molecular weight is 244 g/mol. The van der Waals surface area contributed by atoms with Crippen molar-refractivity contribution in [2.45, 2.75) is 13.5 Å². The van der Waals surface area contributed by atoms with Gasteiger partial charge in [-0.2, -0.15) is 10.4 Å². The maximum absolute atomic E-state index is 13.2. The summed E-state index contributed by atoms with van der Waals surface area (Å²) >= 11 is 0. The van der Waals surface area contributed by atoms with E-state index >= 15 is 0 Å². The van der Waals surface area contributed by atoms with Gasteiger partial charge in [-0.25, -0.2) is 4.39 Å². The number of nitrogens with zero attached hydrogens (tertiary/aromatic N) is 3. The van der Waals surface area contributed by atoms with Gasteiger partial charge in [0.1, 0.15) is 5.82 Å². The lowest BCUT2D eigenvalue weighted by Crippen LogP contribution is -2.00. The summed E-state index contributed by atoms with van der Waals surface area (Å²) < 4.78 is 14.9. The Hall–Kier alpha value is -2.35. The Bertz CT molecular complexity index is 610. The van der Waals surface area contributed by atoms with Crippen LogP contribution in [0.5, 0.6) is 0 Å². The van der Waals surface area contributed by atoms with Crippen LogP contribution in [0.4, 0.5) is 10.1 Å². The number of halogens is 1. The van der Waals surface area contributed by atoms with Gasteiger partial charge in [0.15, 0.2) is 0 Å². The molecule has 18 heavy (non-hydrogen) atoms. The molecule has 0 aliphatic heterocycles. The number of nitriles is 1. The van der Waals surface area contributed by atoms with Crippen molar-refractivity contribution in [1.82, 2.24) is 9.78 Å². The first-order valence-electron chi connectivity index (χ1n) is 5.52. The van der Waals surface area contributed by atoms with E-state index in [1.807, 2.05) is 26.2 Å². The quantitative estimate of drug-likeness (QED) is 0.901. The van der Waals surface area contributed by atoms with Gasteiger partial charge in [0.25, 0.3) is 0 Å². The first-order chi connectivity index (χ1) is 8.58. The van der Waals surface area contributed by atoms with Crippen molar-refractivity contribution >= 4 is 5.69 Å². The first kappa shape index (κ1) is 12.1. The Kier molecular flexibility index (Phi) is 3.28. The smallest absolute Gasteiger partial charge is 0.124 e. The minimum Gasteiger partial charge on any atom is -0.378 e. The number of aryl methyl sites for hydroxylation is 2. The number of hydrogen-bond acceptors (Lipinski definition) is 3. The van der Waals surface area contributed by atoms with Crippen LogP contribution in [0.25, 0.3) is 0 Å². The Morgan fingerprint density at radius 3 is 2.83 bits per heavy atom. The first-order valence-corrected chi connectivity index (χ1v) is 5.52. The molecule has 2 rings (SSSR count). The van der Waals surface area contributed by atoms with E-state index in [1.165, 1.54) is 12.1 Å². The molecule has 1 heterocycles. The summed E-state index contributed by atoms with van der Waals surface area (Å²) in [6.45, 7) is 2.35. The van der Waals surface area contributed by atoms with Crippen LogP contribution in [0, 0.1) is 24.1 Å². The number of benzene rings is 1. The number of rotatable bonds is 3. The molecular formula is C13H13FN4. The Morgan fingerprint density at radius 1 is 1.44 bits per heavy atom. The fourth-order valence-electron chi connectivity index (χ4n) is 1.79. The van der Waals surface area contributed by atoms with Gasteiger partial charge in [0.2, 0.25) is 0 Å². The van der Waals surface area contributed by atoms with E-state index in [-0.39, 0.29) is 0 Å². The molecule has 0 aliphatic rings. The molecule has 0 radical (unpaired) electrons. The van der Waals surface area contributed by atoms with Crippen LogP contribution >= 0.6 is 0 Å². The summed E-state index contributed by atoms with van der Waals surface area (Å²) in [6.07, 6.45) is 1.86. The Balaban J connectivity index is 2.13. The van der Waals surface area contributed by atoms with Crippen molar-refractivity contribution in [2.75, 3.05) is 5.32 Å². The van der Waals surface area contributed by atoms with Crippen molar-refractivity contribution in [3.05, 3.63) is 47.0 Å². The monoisotopic (exact) mass is 244 g/mol. The van der Waals surface area contributed by atoms with Crippen LogP contribution in [0.3, 0.4) is 0 Å². The number of nitrogens with one attached hydrogen (secondary N) is 1. The SMILES string of the molecule is Cc1nn(C)cc1NCc1cc(F)cc(C#N)c1. The minimum atomic E-state index is -0.395. The van der Waals surface area contributed by atoms with Gasteiger partial charge in [-0.15, -0.1) is 0 Å². The zero-order valence-electron chi connectivity index (χ0n) is 10.2. The molecule has 92 valence electrons. The second-order valence-corrected chi connectivity index (χ2v) is 4.12. The van der Waals surface area contributed by atoms with Gasteiger partial charge in [-0.3, -0.25) is 4.68 Å². The highest BCUT2D eigenvalue weighted by molar-refractivity contribution is 5.46. The molecule has 0 fully saturated rings. The summed E-state index contributed by atoms with van der Waals surface area (Å²) in [6, 6.07) is 6.24. The molecule has 4 nitrogen and oxygen atoms in total. The van der Waals surface area contributed by atoms with Crippen LogP contribution in [-0.2, 0) is 13.6 Å². The largest absolute Gasteiger partial charge is 0.378 e. The predicted molar refractivity (Wildman–Crippen MR) is 66.4 cm³/mol. The zero-order chi connectivity index (χ0) is 13.1. The molecule has 0 saturated carbocycles. The van der Waals surface area contributed by atoms with Gasteiger partial charge in [0.05, 0.1) is 23.0 Å². The molecule has 0 aliphatic carbocycles. The Labute approximate surface area is 105 Å². The maximum Gasteiger partial charge on any atom is 0.124 e. The summed E-state index contributed by atoms with van der Waals surface area (Å²) in [5, 5.41) is 16.1. The van der Waals surface area contributed by atoms with Gasteiger partial charge in [-0.1, -0.05) is 0 Å². The van der Waals surface area contributed by atoms with E-state index in [1.54, 1.807) is 10.7 Å². The molecule has 1 aromatic heterocycles. The molecule has 0 amide bonds. The third-order valence-electron chi connectivity index (χ3n) is 2.58. The van der Waals surface area contributed by atoms with E-state index in [0.29, 0.717) is 12.1 Å². The van der Waals surface area contributed by atoms with Gasteiger partial charge in [0, 0.05) is 19.8 Å². The predicted octanol–water partition coefficient (Wildman–Crippen LogP) is 2.35. The highest BCUT2D eigenvalue weighted by atomic mass is 19.1. The van der Waals surface area contributed by atoms with Crippen molar-refractivity contribution in [1.29, 1.82) is 5.26 Å². The number of anilines is 1. The van der Waals surface area contributed by atoms with E-state index in [0.717, 1.165) is 16.9 Å². The van der Waals surface area contributed by atoms with Crippen molar-refractivity contribution in [3.63, 3.8) is 0 Å². The van der Waals surface area contributed by atoms with Crippen molar-refractivity contribution < 1.29 is 4.39 Å². The third kappa shape index (κ3) is 2.66. The zero-order valence-corrected chi connectivity index (χ0v) is 10.2. The molecule has 2 aromatic rings. The second-order valence-electron chi connectivity index (χ2n) is 4.12. The average Bonchev–Trinajstić information content (AvgIpc) is 2.64. The molecule has 1 N–H and O–H groups in total. The van der Waals surface area contributed by atoms with Crippen LogP contribution < -0.4 is 5.32 Å². The topological polar surface area (TPSA) is 53.6 Å². The van der Waals surface area contributed by atoms with Crippen LogP contribution in [0.1, 0.15) is 16.8 Å². The van der Waals surface area contributed by atoms with E-state index < -0.39 is 5.82 Å². The van der Waals surface area contributed by atoms with Gasteiger partial charge < -0.3 is 5.32 Å². The molecule has 0 saturated heterocycles. The molecule has 0 spiro atoms. The normalized spacial score (nSPS) is 10.1. The lowest BCUT2D eigenvalue weighted by Gasteiger charge is -2.05. The minimum absolute atomic E-state index is 0.328. The number of aromatic nitrogens is 2. The number of hydrogen-bond donors (Lipinski definition) is 1. The molecular weight excluding hydrogens is 231 g/mol. The van der Waals surface area contributed by atoms with Crippen LogP contribution in [-0.4, -0.2) is 9.78 Å². The maximum atomic E-state index is 13.2. The third-order valence-corrected chi connectivity index (χ3v) is 2.58. The fraction of sp³-hybridized carbons (Fsp3) is 0.231. The summed E-state index contributed by atoms with van der Waals surface area (Å²) in [5.41, 5.74) is 2.85. The lowest BCUT2D eigenvalue weighted by molar-refractivity contribution is 0.625. The molecule has 5 heteroatoms.